The van der Waals surface area contributed by atoms with Crippen molar-refractivity contribution in [3.8, 4) is 0 Å². The van der Waals surface area contributed by atoms with Gasteiger partial charge in [0.1, 0.15) is 18.1 Å². The van der Waals surface area contributed by atoms with E-state index in [-0.39, 0.29) is 25.6 Å². The average Bonchev–Trinajstić information content (AvgIpc) is 2.99. The largest absolute Gasteiger partial charge is 0.481 e. The van der Waals surface area contributed by atoms with Crippen molar-refractivity contribution in [2.24, 2.45) is 11.8 Å². The van der Waals surface area contributed by atoms with Crippen molar-refractivity contribution in [3.63, 3.8) is 0 Å². The Morgan fingerprint density at radius 1 is 1.60 bits per heavy atom. The van der Waals surface area contributed by atoms with E-state index in [4.69, 9.17) is 9.47 Å². The highest BCUT2D eigenvalue weighted by atomic mass is 16.5. The molecule has 7 heteroatoms. The molecule has 0 aromatic carbocycles. The van der Waals surface area contributed by atoms with Crippen molar-refractivity contribution in [1.82, 2.24) is 4.90 Å². The first-order valence-corrected chi connectivity index (χ1v) is 6.53. The summed E-state index contributed by atoms with van der Waals surface area (Å²) >= 11 is 0. The van der Waals surface area contributed by atoms with Gasteiger partial charge >= 0.3 is 11.9 Å². The lowest BCUT2D eigenvalue weighted by molar-refractivity contribution is -0.151. The number of carboxylic acid groups (broad SMARTS) is 1. The van der Waals surface area contributed by atoms with Crippen molar-refractivity contribution in [1.29, 1.82) is 0 Å². The van der Waals surface area contributed by atoms with Crippen LogP contribution in [0.3, 0.4) is 0 Å². The fraction of sp³-hybridized carbons (Fsp3) is 0.615. The summed E-state index contributed by atoms with van der Waals surface area (Å²) in [5.41, 5.74) is -0.892. The fourth-order valence-corrected chi connectivity index (χ4v) is 3.36. The Balaban J connectivity index is 1.82. The maximum Gasteiger partial charge on any atom is 0.325 e. The lowest BCUT2D eigenvalue weighted by Gasteiger charge is -2.21. The van der Waals surface area contributed by atoms with Crippen LogP contribution in [-0.2, 0) is 23.9 Å². The highest BCUT2D eigenvalue weighted by molar-refractivity contribution is 5.92. The third kappa shape index (κ3) is 1.66. The number of fused-ring (bicyclic) bond motifs is 1. The average molecular weight is 281 g/mol. The first kappa shape index (κ1) is 13.1. The molecule has 0 radical (unpaired) electrons. The second-order valence-corrected chi connectivity index (χ2v) is 5.24. The van der Waals surface area contributed by atoms with Gasteiger partial charge in [0.2, 0.25) is 5.91 Å². The van der Waals surface area contributed by atoms with Crippen molar-refractivity contribution >= 4 is 17.8 Å². The monoisotopic (exact) mass is 281 g/mol. The highest BCUT2D eigenvalue weighted by Gasteiger charge is 2.67. The molecule has 1 spiro atoms. The zero-order chi connectivity index (χ0) is 14.5. The number of carboxylic acids is 1. The van der Waals surface area contributed by atoms with Crippen molar-refractivity contribution < 1.29 is 29.0 Å². The molecule has 0 aliphatic carbocycles. The number of hydrogen-bond acceptors (Lipinski definition) is 5. The van der Waals surface area contributed by atoms with E-state index in [9.17, 15) is 19.5 Å². The molecule has 0 aromatic rings. The van der Waals surface area contributed by atoms with E-state index in [2.05, 4.69) is 0 Å². The number of aliphatic carboxylic acids is 1. The summed E-state index contributed by atoms with van der Waals surface area (Å²) in [5.74, 6) is -3.51. The summed E-state index contributed by atoms with van der Waals surface area (Å²) in [4.78, 5) is 36.5. The molecule has 1 amide bonds. The van der Waals surface area contributed by atoms with Gasteiger partial charge in [0.05, 0.1) is 25.2 Å². The van der Waals surface area contributed by atoms with Gasteiger partial charge in [-0.2, -0.15) is 0 Å². The molecule has 3 aliphatic heterocycles. The van der Waals surface area contributed by atoms with Gasteiger partial charge in [-0.3, -0.25) is 14.4 Å². The van der Waals surface area contributed by atoms with E-state index in [1.54, 1.807) is 19.1 Å². The fourth-order valence-electron chi connectivity index (χ4n) is 3.36. The molecule has 4 unspecified atom stereocenters. The summed E-state index contributed by atoms with van der Waals surface area (Å²) < 4.78 is 10.5. The number of ether oxygens (including phenoxy) is 2. The van der Waals surface area contributed by atoms with Crippen LogP contribution in [-0.4, -0.2) is 59.3 Å². The van der Waals surface area contributed by atoms with Crippen molar-refractivity contribution in [3.05, 3.63) is 12.2 Å². The molecule has 7 nitrogen and oxygen atoms in total. The summed E-state index contributed by atoms with van der Waals surface area (Å²) in [5, 5.41) is 9.27. The van der Waals surface area contributed by atoms with Crippen molar-refractivity contribution in [2.75, 3.05) is 19.7 Å². The summed E-state index contributed by atoms with van der Waals surface area (Å²) in [6, 6.07) is 0. The quantitative estimate of drug-likeness (QED) is 0.547. The maximum absolute atomic E-state index is 12.4. The smallest absolute Gasteiger partial charge is 0.325 e. The Morgan fingerprint density at radius 3 is 3.00 bits per heavy atom. The van der Waals surface area contributed by atoms with Gasteiger partial charge in [0, 0.05) is 0 Å². The zero-order valence-electron chi connectivity index (χ0n) is 10.9. The Hall–Kier alpha value is -1.89. The number of nitrogens with zero attached hydrogens (tertiary/aromatic N) is 1. The number of carbonyl (C=O) groups excluding carboxylic acids is 2. The van der Waals surface area contributed by atoms with Crippen LogP contribution >= 0.6 is 0 Å². The number of hydrogen-bond donors (Lipinski definition) is 1. The van der Waals surface area contributed by atoms with Crippen LogP contribution in [0.1, 0.15) is 6.92 Å². The number of carbonyl (C=O) groups is 3. The third-order valence-electron chi connectivity index (χ3n) is 4.09. The molecule has 3 heterocycles. The Kier molecular flexibility index (Phi) is 2.82. The van der Waals surface area contributed by atoms with E-state index < -0.39 is 35.5 Å². The molecule has 108 valence electrons. The maximum atomic E-state index is 12.4. The minimum absolute atomic E-state index is 0.168. The molecule has 20 heavy (non-hydrogen) atoms. The second kappa shape index (κ2) is 4.31. The Bertz CT molecular complexity index is 515. The van der Waals surface area contributed by atoms with Gasteiger partial charge in [-0.15, -0.1) is 0 Å². The van der Waals surface area contributed by atoms with Crippen LogP contribution < -0.4 is 0 Å². The molecule has 0 aromatic heterocycles. The minimum Gasteiger partial charge on any atom is -0.481 e. The van der Waals surface area contributed by atoms with E-state index in [0.717, 1.165) is 0 Å². The first-order chi connectivity index (χ1) is 9.48. The zero-order valence-corrected chi connectivity index (χ0v) is 10.9. The molecule has 3 rings (SSSR count). The van der Waals surface area contributed by atoms with Gasteiger partial charge in [-0.1, -0.05) is 12.2 Å². The number of esters is 1. The summed E-state index contributed by atoms with van der Waals surface area (Å²) in [6.45, 7) is 1.96. The van der Waals surface area contributed by atoms with Crippen molar-refractivity contribution in [2.45, 2.75) is 18.6 Å². The van der Waals surface area contributed by atoms with Crippen LogP contribution in [0.4, 0.5) is 0 Å². The molecular weight excluding hydrogens is 266 g/mol. The van der Waals surface area contributed by atoms with Gasteiger partial charge in [-0.25, -0.2) is 0 Å². The van der Waals surface area contributed by atoms with E-state index in [0.29, 0.717) is 0 Å². The molecule has 0 saturated carbocycles. The third-order valence-corrected chi connectivity index (χ3v) is 4.09. The molecule has 2 fully saturated rings. The molecule has 2 bridgehead atoms. The molecule has 1 N–H and O–H groups in total. The van der Waals surface area contributed by atoms with Gasteiger partial charge in [0.15, 0.2) is 0 Å². The van der Waals surface area contributed by atoms with Gasteiger partial charge < -0.3 is 19.5 Å². The predicted molar refractivity (Wildman–Crippen MR) is 64.6 cm³/mol. The standard InChI is InChI=1S/C13H15NO6/c1-2-19-8(15)5-14-6-13-4-3-7(20-13)9(12(17)18)10(13)11(14)16/h3-4,7,9-10H,2,5-6H2,1H3,(H,17,18). The topological polar surface area (TPSA) is 93.1 Å². The molecular formula is C13H15NO6. The minimum atomic E-state index is -1.04. The lowest BCUT2D eigenvalue weighted by Crippen LogP contribution is -2.39. The molecule has 4 atom stereocenters. The first-order valence-electron chi connectivity index (χ1n) is 6.53. The number of rotatable bonds is 4. The molecule has 3 aliphatic rings. The van der Waals surface area contributed by atoms with Crippen LogP contribution in [0.2, 0.25) is 0 Å². The number of amides is 1. The van der Waals surface area contributed by atoms with Gasteiger partial charge in [-0.05, 0) is 6.92 Å². The van der Waals surface area contributed by atoms with Crippen LogP contribution in [0.25, 0.3) is 0 Å². The predicted octanol–water partition coefficient (Wildman–Crippen LogP) is -0.584. The van der Waals surface area contributed by atoms with Crippen LogP contribution in [0.5, 0.6) is 0 Å². The second-order valence-electron chi connectivity index (χ2n) is 5.24. The van der Waals surface area contributed by atoms with Crippen LogP contribution in [0.15, 0.2) is 12.2 Å². The van der Waals surface area contributed by atoms with E-state index in [1.165, 1.54) is 4.90 Å². The van der Waals surface area contributed by atoms with E-state index in [1.807, 2.05) is 0 Å². The van der Waals surface area contributed by atoms with Gasteiger partial charge in [0.25, 0.3) is 0 Å². The summed E-state index contributed by atoms with van der Waals surface area (Å²) in [6.07, 6.45) is 2.90. The Labute approximate surface area is 115 Å². The number of likely N-dealkylation sites (tertiary alicyclic amines) is 1. The Morgan fingerprint density at radius 2 is 2.35 bits per heavy atom. The highest BCUT2D eigenvalue weighted by Crippen LogP contribution is 2.51. The van der Waals surface area contributed by atoms with Crippen LogP contribution in [0, 0.1) is 11.8 Å². The lowest BCUT2D eigenvalue weighted by atomic mass is 9.77. The normalized spacial score (nSPS) is 37.4. The van der Waals surface area contributed by atoms with E-state index >= 15 is 0 Å². The SMILES string of the molecule is CCOC(=O)CN1CC23C=CC(O2)C(C(=O)O)C3C1=O. The molecule has 2 saturated heterocycles. The summed E-state index contributed by atoms with van der Waals surface area (Å²) in [7, 11) is 0.